The molecule has 1 aromatic rings. The molecule has 32 heavy (non-hydrogen) atoms. The van der Waals surface area contributed by atoms with Crippen LogP contribution < -0.4 is 10.6 Å². The standard InChI is InChI=1S/C21H29F3N4O4/c1-2-8-25-19(31)26-9-3-4-10-27-11-12-28(20(27)32)17(14-18(29)30)15-6-5-7-16(13-15)21(22,23)24/h5-7,13,17H,2-4,8-12,14H2,1H3,(H,29,30)(H2,25,26,31). The second-order valence-electron chi connectivity index (χ2n) is 7.59. The van der Waals surface area contributed by atoms with E-state index in [1.54, 1.807) is 4.90 Å². The van der Waals surface area contributed by atoms with Gasteiger partial charge in [0.25, 0.3) is 0 Å². The smallest absolute Gasteiger partial charge is 0.416 e. The number of carboxylic acids is 1. The molecule has 1 atom stereocenters. The van der Waals surface area contributed by atoms with Crippen molar-refractivity contribution in [2.45, 2.75) is 44.8 Å². The third kappa shape index (κ3) is 7.31. The Morgan fingerprint density at radius 2 is 1.88 bits per heavy atom. The number of alkyl halides is 3. The van der Waals surface area contributed by atoms with Crippen molar-refractivity contribution in [1.29, 1.82) is 0 Å². The summed E-state index contributed by atoms with van der Waals surface area (Å²) in [6.07, 6.45) is -2.94. The number of nitrogens with zero attached hydrogens (tertiary/aromatic N) is 2. The monoisotopic (exact) mass is 458 g/mol. The Labute approximate surface area is 184 Å². The van der Waals surface area contributed by atoms with Crippen LogP contribution >= 0.6 is 0 Å². The van der Waals surface area contributed by atoms with Gasteiger partial charge < -0.3 is 25.5 Å². The molecule has 178 valence electrons. The lowest BCUT2D eigenvalue weighted by atomic mass is 10.00. The fourth-order valence-electron chi connectivity index (χ4n) is 3.52. The molecule has 2 rings (SSSR count). The number of carboxylic acid groups (broad SMARTS) is 1. The van der Waals surface area contributed by atoms with Gasteiger partial charge in [-0.3, -0.25) is 4.79 Å². The molecular weight excluding hydrogens is 429 g/mol. The molecule has 0 bridgehead atoms. The first-order valence-corrected chi connectivity index (χ1v) is 10.6. The molecule has 3 N–H and O–H groups in total. The molecule has 11 heteroatoms. The van der Waals surface area contributed by atoms with E-state index < -0.39 is 36.2 Å². The van der Waals surface area contributed by atoms with Crippen LogP contribution in [0.25, 0.3) is 0 Å². The van der Waals surface area contributed by atoms with Gasteiger partial charge in [-0.15, -0.1) is 0 Å². The second kappa shape index (κ2) is 11.6. The summed E-state index contributed by atoms with van der Waals surface area (Å²) in [6, 6.07) is 2.81. The van der Waals surface area contributed by atoms with Crippen molar-refractivity contribution in [3.05, 3.63) is 35.4 Å². The summed E-state index contributed by atoms with van der Waals surface area (Å²) in [5, 5.41) is 14.7. The summed E-state index contributed by atoms with van der Waals surface area (Å²) in [5.74, 6) is -1.20. The quantitative estimate of drug-likeness (QED) is 0.442. The Bertz CT molecular complexity index is 803. The van der Waals surface area contributed by atoms with Gasteiger partial charge in [0.2, 0.25) is 0 Å². The molecule has 1 saturated heterocycles. The number of benzene rings is 1. The van der Waals surface area contributed by atoms with Gasteiger partial charge in [-0.2, -0.15) is 13.2 Å². The van der Waals surface area contributed by atoms with Crippen molar-refractivity contribution in [3.8, 4) is 0 Å². The molecule has 1 aliphatic rings. The first kappa shape index (κ1) is 25.3. The van der Waals surface area contributed by atoms with Crippen LogP contribution in [0.15, 0.2) is 24.3 Å². The van der Waals surface area contributed by atoms with Gasteiger partial charge in [0.1, 0.15) is 0 Å². The van der Waals surface area contributed by atoms with E-state index >= 15 is 0 Å². The van der Waals surface area contributed by atoms with Gasteiger partial charge in [-0.1, -0.05) is 19.1 Å². The number of carbonyl (C=O) groups excluding carboxylic acids is 2. The van der Waals surface area contributed by atoms with Crippen LogP contribution in [0.1, 0.15) is 49.8 Å². The molecule has 0 aromatic heterocycles. The maximum absolute atomic E-state index is 13.1. The number of hydrogen-bond acceptors (Lipinski definition) is 3. The highest BCUT2D eigenvalue weighted by molar-refractivity contribution is 5.78. The number of halogens is 3. The number of rotatable bonds is 11. The fraction of sp³-hybridized carbons (Fsp3) is 0.571. The molecule has 0 saturated carbocycles. The van der Waals surface area contributed by atoms with Crippen molar-refractivity contribution in [1.82, 2.24) is 20.4 Å². The van der Waals surface area contributed by atoms with Gasteiger partial charge in [-0.05, 0) is 37.0 Å². The molecule has 1 aromatic carbocycles. The van der Waals surface area contributed by atoms with Crippen molar-refractivity contribution in [3.63, 3.8) is 0 Å². The molecule has 0 radical (unpaired) electrons. The lowest BCUT2D eigenvalue weighted by Gasteiger charge is -2.28. The van der Waals surface area contributed by atoms with E-state index in [0.717, 1.165) is 18.6 Å². The zero-order valence-electron chi connectivity index (χ0n) is 18.0. The van der Waals surface area contributed by atoms with Gasteiger partial charge in [0.05, 0.1) is 18.0 Å². The Morgan fingerprint density at radius 1 is 1.16 bits per heavy atom. The number of hydrogen-bond donors (Lipinski definition) is 3. The first-order chi connectivity index (χ1) is 15.1. The largest absolute Gasteiger partial charge is 0.481 e. The van der Waals surface area contributed by atoms with Crippen molar-refractivity contribution >= 4 is 18.0 Å². The highest BCUT2D eigenvalue weighted by Crippen LogP contribution is 2.34. The summed E-state index contributed by atoms with van der Waals surface area (Å²) in [5.41, 5.74) is -0.746. The topological polar surface area (TPSA) is 102 Å². The predicted molar refractivity (Wildman–Crippen MR) is 111 cm³/mol. The SMILES string of the molecule is CCCNC(=O)NCCCCN1CCN(C(CC(=O)O)c2cccc(C(F)(F)F)c2)C1=O. The average Bonchev–Trinajstić information content (AvgIpc) is 3.09. The Hall–Kier alpha value is -2.98. The van der Waals surface area contributed by atoms with Crippen LogP contribution in [0.2, 0.25) is 0 Å². The third-order valence-corrected chi connectivity index (χ3v) is 5.15. The average molecular weight is 458 g/mol. The van der Waals surface area contributed by atoms with Gasteiger partial charge in [0, 0.05) is 32.7 Å². The summed E-state index contributed by atoms with van der Waals surface area (Å²) in [4.78, 5) is 38.6. The van der Waals surface area contributed by atoms with Crippen LogP contribution in [-0.4, -0.2) is 65.7 Å². The maximum Gasteiger partial charge on any atom is 0.416 e. The van der Waals surface area contributed by atoms with Crippen molar-refractivity contribution < 1.29 is 32.7 Å². The molecule has 1 heterocycles. The molecule has 1 aliphatic heterocycles. The molecular formula is C21H29F3N4O4. The molecule has 0 spiro atoms. The third-order valence-electron chi connectivity index (χ3n) is 5.15. The summed E-state index contributed by atoms with van der Waals surface area (Å²) in [6.45, 7) is 3.99. The van der Waals surface area contributed by atoms with E-state index in [2.05, 4.69) is 10.6 Å². The lowest BCUT2D eigenvalue weighted by molar-refractivity contribution is -0.138. The minimum atomic E-state index is -4.56. The predicted octanol–water partition coefficient (Wildman–Crippen LogP) is 3.45. The molecule has 4 amide bonds. The first-order valence-electron chi connectivity index (χ1n) is 10.6. The maximum atomic E-state index is 13.1. The number of amides is 4. The second-order valence-corrected chi connectivity index (χ2v) is 7.59. The Balaban J connectivity index is 1.95. The van der Waals surface area contributed by atoms with E-state index in [0.29, 0.717) is 39.0 Å². The van der Waals surface area contributed by atoms with E-state index in [9.17, 15) is 32.7 Å². The normalized spacial score (nSPS) is 15.1. The highest BCUT2D eigenvalue weighted by Gasteiger charge is 2.37. The minimum Gasteiger partial charge on any atom is -0.481 e. The summed E-state index contributed by atoms with van der Waals surface area (Å²) < 4.78 is 39.3. The van der Waals surface area contributed by atoms with Gasteiger partial charge >= 0.3 is 24.2 Å². The number of carbonyl (C=O) groups is 3. The number of aliphatic carboxylic acids is 1. The lowest BCUT2D eigenvalue weighted by Crippen LogP contribution is -2.37. The molecule has 0 aliphatic carbocycles. The zero-order chi connectivity index (χ0) is 23.7. The van der Waals surface area contributed by atoms with E-state index in [-0.39, 0.29) is 18.1 Å². The highest BCUT2D eigenvalue weighted by atomic mass is 19.4. The van der Waals surface area contributed by atoms with E-state index in [4.69, 9.17) is 0 Å². The van der Waals surface area contributed by atoms with Crippen LogP contribution in [-0.2, 0) is 11.0 Å². The molecule has 1 unspecified atom stereocenters. The van der Waals surface area contributed by atoms with Crippen LogP contribution in [0.3, 0.4) is 0 Å². The summed E-state index contributed by atoms with van der Waals surface area (Å²) in [7, 11) is 0. The van der Waals surface area contributed by atoms with Crippen LogP contribution in [0.4, 0.5) is 22.8 Å². The number of unbranched alkanes of at least 4 members (excludes halogenated alkanes) is 1. The number of urea groups is 2. The van der Waals surface area contributed by atoms with E-state index in [1.165, 1.54) is 17.0 Å². The van der Waals surface area contributed by atoms with Crippen LogP contribution in [0.5, 0.6) is 0 Å². The minimum absolute atomic E-state index is 0.139. The van der Waals surface area contributed by atoms with Crippen molar-refractivity contribution in [2.75, 3.05) is 32.7 Å². The van der Waals surface area contributed by atoms with Crippen LogP contribution in [0, 0.1) is 0 Å². The zero-order valence-corrected chi connectivity index (χ0v) is 18.0. The van der Waals surface area contributed by atoms with Gasteiger partial charge in [0.15, 0.2) is 0 Å². The fourth-order valence-corrected chi connectivity index (χ4v) is 3.52. The number of nitrogens with one attached hydrogen (secondary N) is 2. The molecule has 1 fully saturated rings. The van der Waals surface area contributed by atoms with E-state index in [1.807, 2.05) is 6.92 Å². The summed E-state index contributed by atoms with van der Waals surface area (Å²) >= 11 is 0. The Kier molecular flexibility index (Phi) is 9.15. The van der Waals surface area contributed by atoms with Gasteiger partial charge in [-0.25, -0.2) is 9.59 Å². The molecule has 8 nitrogen and oxygen atoms in total. The Morgan fingerprint density at radius 3 is 2.53 bits per heavy atom. The van der Waals surface area contributed by atoms with Crippen molar-refractivity contribution in [2.24, 2.45) is 0 Å².